The number of hydrogen-bond acceptors (Lipinski definition) is 5. The number of carbonyl (C=O) groups is 1. The van der Waals surface area contributed by atoms with Crippen molar-refractivity contribution in [2.45, 2.75) is 18.6 Å². The average Bonchev–Trinajstić information content (AvgIpc) is 3.09. The summed E-state index contributed by atoms with van der Waals surface area (Å²) in [5, 5.41) is 11.9. The second-order valence-corrected chi connectivity index (χ2v) is 5.26. The normalized spacial score (nSPS) is 22.7. The molecular weight excluding hydrogens is 272 g/mol. The summed E-state index contributed by atoms with van der Waals surface area (Å²) in [6, 6.07) is 7.31. The summed E-state index contributed by atoms with van der Waals surface area (Å²) in [7, 11) is 1.31. The number of phenols is 1. The maximum Gasteiger partial charge on any atom is 0.342 e. The van der Waals surface area contributed by atoms with Crippen LogP contribution in [0.15, 0.2) is 24.3 Å². The van der Waals surface area contributed by atoms with Crippen molar-refractivity contribution in [2.75, 3.05) is 13.7 Å². The van der Waals surface area contributed by atoms with Crippen LogP contribution >= 0.6 is 0 Å². The first-order valence-corrected chi connectivity index (χ1v) is 6.86. The third-order valence-corrected chi connectivity index (χ3v) is 4.21. The molecule has 2 unspecified atom stereocenters. The fraction of sp³-hybridized carbons (Fsp3) is 0.312. The zero-order valence-electron chi connectivity index (χ0n) is 11.5. The number of ether oxygens (including phenoxy) is 3. The van der Waals surface area contributed by atoms with Crippen molar-refractivity contribution < 1.29 is 24.1 Å². The van der Waals surface area contributed by atoms with Crippen molar-refractivity contribution in [2.24, 2.45) is 0 Å². The molecule has 0 amide bonds. The maximum absolute atomic E-state index is 12.1. The van der Waals surface area contributed by atoms with Crippen LogP contribution in [-0.4, -0.2) is 31.1 Å². The van der Waals surface area contributed by atoms with E-state index in [9.17, 15) is 9.90 Å². The van der Waals surface area contributed by atoms with E-state index in [2.05, 4.69) is 0 Å². The lowest BCUT2D eigenvalue weighted by molar-refractivity contribution is -0.0330. The number of aromatic hydroxyl groups is 1. The predicted octanol–water partition coefficient (Wildman–Crippen LogP) is 2.55. The minimum absolute atomic E-state index is 0.0374. The van der Waals surface area contributed by atoms with Gasteiger partial charge in [-0.2, -0.15) is 0 Å². The van der Waals surface area contributed by atoms with Crippen LogP contribution in [0.5, 0.6) is 11.5 Å². The lowest BCUT2D eigenvalue weighted by Crippen LogP contribution is -2.14. The topological polar surface area (TPSA) is 65.0 Å². The van der Waals surface area contributed by atoms with Crippen LogP contribution in [0.3, 0.4) is 0 Å². The molecule has 0 spiro atoms. The van der Waals surface area contributed by atoms with Crippen LogP contribution in [0.4, 0.5) is 0 Å². The van der Waals surface area contributed by atoms with Gasteiger partial charge < -0.3 is 19.3 Å². The van der Waals surface area contributed by atoms with Gasteiger partial charge in [0.1, 0.15) is 17.1 Å². The minimum Gasteiger partial charge on any atom is -0.506 e. The molecule has 0 aliphatic carbocycles. The van der Waals surface area contributed by atoms with Gasteiger partial charge in [0.25, 0.3) is 0 Å². The first-order valence-electron chi connectivity index (χ1n) is 6.86. The molecule has 1 N–H and O–H groups in total. The Hall–Kier alpha value is -2.27. The van der Waals surface area contributed by atoms with Crippen molar-refractivity contribution in [3.63, 3.8) is 0 Å². The van der Waals surface area contributed by atoms with Gasteiger partial charge in [0, 0.05) is 16.3 Å². The molecule has 4 rings (SSSR count). The summed E-state index contributed by atoms with van der Waals surface area (Å²) in [5.41, 5.74) is 0.907. The highest BCUT2D eigenvalue weighted by atomic mass is 16.7. The van der Waals surface area contributed by atoms with Gasteiger partial charge in [-0.05, 0) is 6.42 Å². The summed E-state index contributed by atoms with van der Waals surface area (Å²) in [6.07, 6.45) is 0.382. The monoisotopic (exact) mass is 286 g/mol. The fourth-order valence-electron chi connectivity index (χ4n) is 3.27. The number of rotatable bonds is 1. The smallest absolute Gasteiger partial charge is 0.342 e. The molecule has 1 fully saturated rings. The number of esters is 1. The van der Waals surface area contributed by atoms with E-state index in [1.54, 1.807) is 6.07 Å². The highest BCUT2D eigenvalue weighted by molar-refractivity contribution is 6.06. The Labute approximate surface area is 121 Å². The SMILES string of the molecule is COC(=O)c1c2c(c3ccccc3c1O)OC1OCCC21. The van der Waals surface area contributed by atoms with Gasteiger partial charge in [-0.3, -0.25) is 0 Å². The zero-order valence-corrected chi connectivity index (χ0v) is 11.5. The summed E-state index contributed by atoms with van der Waals surface area (Å²) >= 11 is 0. The molecule has 5 nitrogen and oxygen atoms in total. The molecule has 2 aromatic carbocycles. The molecular formula is C16H14O5. The van der Waals surface area contributed by atoms with Crippen molar-refractivity contribution >= 4 is 16.7 Å². The van der Waals surface area contributed by atoms with Crippen molar-refractivity contribution in [3.8, 4) is 11.5 Å². The van der Waals surface area contributed by atoms with Crippen LogP contribution < -0.4 is 4.74 Å². The zero-order chi connectivity index (χ0) is 14.6. The van der Waals surface area contributed by atoms with Gasteiger partial charge in [-0.15, -0.1) is 0 Å². The Morgan fingerprint density at radius 3 is 2.86 bits per heavy atom. The Bertz CT molecular complexity index is 752. The van der Waals surface area contributed by atoms with E-state index in [1.165, 1.54) is 7.11 Å². The molecule has 1 saturated heterocycles. The molecule has 2 aliphatic rings. The van der Waals surface area contributed by atoms with E-state index in [0.29, 0.717) is 23.3 Å². The van der Waals surface area contributed by atoms with E-state index >= 15 is 0 Å². The van der Waals surface area contributed by atoms with E-state index in [1.807, 2.05) is 18.2 Å². The lowest BCUT2D eigenvalue weighted by atomic mass is 9.90. The lowest BCUT2D eigenvalue weighted by Gasteiger charge is -2.14. The van der Waals surface area contributed by atoms with Crippen molar-refractivity contribution in [3.05, 3.63) is 35.4 Å². The van der Waals surface area contributed by atoms with Crippen LogP contribution in [-0.2, 0) is 9.47 Å². The minimum atomic E-state index is -0.550. The molecule has 2 atom stereocenters. The number of phenolic OH excluding ortho intramolecular Hbond substituents is 1. The van der Waals surface area contributed by atoms with E-state index < -0.39 is 5.97 Å². The molecule has 0 bridgehead atoms. The molecule has 0 radical (unpaired) electrons. The highest BCUT2D eigenvalue weighted by Gasteiger charge is 2.44. The number of hydrogen-bond donors (Lipinski definition) is 1. The molecule has 108 valence electrons. The second-order valence-electron chi connectivity index (χ2n) is 5.26. The number of fused-ring (bicyclic) bond motifs is 5. The molecule has 2 heterocycles. The number of carbonyl (C=O) groups excluding carboxylic acids is 1. The van der Waals surface area contributed by atoms with Gasteiger partial charge in [-0.1, -0.05) is 24.3 Å². The Kier molecular flexibility index (Phi) is 2.59. The Morgan fingerprint density at radius 1 is 1.33 bits per heavy atom. The van der Waals surface area contributed by atoms with Crippen molar-refractivity contribution in [1.29, 1.82) is 0 Å². The fourth-order valence-corrected chi connectivity index (χ4v) is 3.27. The molecule has 5 heteroatoms. The van der Waals surface area contributed by atoms with E-state index in [-0.39, 0.29) is 23.5 Å². The number of benzene rings is 2. The largest absolute Gasteiger partial charge is 0.506 e. The van der Waals surface area contributed by atoms with Gasteiger partial charge >= 0.3 is 5.97 Å². The molecule has 0 saturated carbocycles. The molecule has 0 aromatic heterocycles. The van der Waals surface area contributed by atoms with Crippen LogP contribution in [0.1, 0.15) is 28.3 Å². The van der Waals surface area contributed by atoms with Gasteiger partial charge in [0.05, 0.1) is 19.6 Å². The highest BCUT2D eigenvalue weighted by Crippen LogP contribution is 2.52. The molecule has 21 heavy (non-hydrogen) atoms. The summed E-state index contributed by atoms with van der Waals surface area (Å²) in [4.78, 5) is 12.1. The van der Waals surface area contributed by atoms with E-state index in [4.69, 9.17) is 14.2 Å². The standard InChI is InChI=1S/C16H14O5/c1-19-15(18)12-11-10-6-7-20-16(10)21-14(11)9-5-3-2-4-8(9)13(12)17/h2-5,10,16-17H,6-7H2,1H3. The molecule has 2 aromatic rings. The summed E-state index contributed by atoms with van der Waals surface area (Å²) in [5.74, 6) is -0.0129. The summed E-state index contributed by atoms with van der Waals surface area (Å²) < 4.78 is 16.3. The van der Waals surface area contributed by atoms with Crippen molar-refractivity contribution in [1.82, 2.24) is 0 Å². The van der Waals surface area contributed by atoms with Crippen LogP contribution in [0.25, 0.3) is 10.8 Å². The first-order chi connectivity index (χ1) is 10.2. The Balaban J connectivity index is 2.09. The van der Waals surface area contributed by atoms with Gasteiger partial charge in [-0.25, -0.2) is 4.79 Å². The van der Waals surface area contributed by atoms with Gasteiger partial charge in [0.2, 0.25) is 6.29 Å². The van der Waals surface area contributed by atoms with E-state index in [0.717, 1.165) is 11.8 Å². The van der Waals surface area contributed by atoms with Crippen LogP contribution in [0, 0.1) is 0 Å². The second kappa shape index (κ2) is 4.36. The predicted molar refractivity (Wildman–Crippen MR) is 74.7 cm³/mol. The summed E-state index contributed by atoms with van der Waals surface area (Å²) in [6.45, 7) is 0.586. The Morgan fingerprint density at radius 2 is 2.10 bits per heavy atom. The quantitative estimate of drug-likeness (QED) is 0.816. The maximum atomic E-state index is 12.1. The molecule has 2 aliphatic heterocycles. The van der Waals surface area contributed by atoms with Crippen LogP contribution in [0.2, 0.25) is 0 Å². The third-order valence-electron chi connectivity index (χ3n) is 4.21. The third kappa shape index (κ3) is 1.58. The van der Waals surface area contributed by atoms with Gasteiger partial charge in [0.15, 0.2) is 0 Å². The first kappa shape index (κ1) is 12.5. The number of methoxy groups -OCH3 is 1. The average molecular weight is 286 g/mol.